The van der Waals surface area contributed by atoms with Crippen molar-refractivity contribution in [1.29, 1.82) is 0 Å². The molecule has 152 valence electrons. The van der Waals surface area contributed by atoms with Crippen molar-refractivity contribution in [2.75, 3.05) is 44.6 Å². The number of rotatable bonds is 6. The fourth-order valence-electron chi connectivity index (χ4n) is 4.27. The molecule has 0 aliphatic carbocycles. The number of carbonyl (C=O) groups is 2. The molecule has 4 rings (SSSR count). The molecule has 2 heterocycles. The van der Waals surface area contributed by atoms with Gasteiger partial charge in [-0.05, 0) is 42.8 Å². The maximum atomic E-state index is 12.5. The lowest BCUT2D eigenvalue weighted by Crippen LogP contribution is -3.28. The number of hydrogen-bond acceptors (Lipinski definition) is 3. The van der Waals surface area contributed by atoms with Crippen LogP contribution in [0.5, 0.6) is 5.75 Å². The second kappa shape index (κ2) is 8.76. The van der Waals surface area contributed by atoms with Crippen LogP contribution < -0.4 is 19.9 Å². The first-order valence-electron chi connectivity index (χ1n) is 10.4. The minimum absolute atomic E-state index is 0.0317. The Bertz CT molecular complexity index is 904. The zero-order chi connectivity index (χ0) is 20.2. The van der Waals surface area contributed by atoms with Gasteiger partial charge in [0.05, 0.1) is 12.3 Å². The van der Waals surface area contributed by atoms with Crippen LogP contribution in [-0.4, -0.2) is 51.0 Å². The molecule has 29 heavy (non-hydrogen) atoms. The predicted molar refractivity (Wildman–Crippen MR) is 111 cm³/mol. The summed E-state index contributed by atoms with van der Waals surface area (Å²) in [5.74, 6) is 0.967. The second-order valence-corrected chi connectivity index (χ2v) is 8.04. The van der Waals surface area contributed by atoms with Gasteiger partial charge in [0.1, 0.15) is 38.5 Å². The van der Waals surface area contributed by atoms with Gasteiger partial charge in [0.25, 0.3) is 5.91 Å². The molecule has 1 saturated heterocycles. The number of piperazine rings is 1. The van der Waals surface area contributed by atoms with E-state index in [0.29, 0.717) is 17.8 Å². The van der Waals surface area contributed by atoms with E-state index in [1.807, 2.05) is 12.1 Å². The van der Waals surface area contributed by atoms with Crippen molar-refractivity contribution in [3.63, 3.8) is 0 Å². The van der Waals surface area contributed by atoms with Gasteiger partial charge in [-0.3, -0.25) is 9.59 Å². The third-order valence-corrected chi connectivity index (χ3v) is 5.86. The van der Waals surface area contributed by atoms with E-state index in [4.69, 9.17) is 4.74 Å². The second-order valence-electron chi connectivity index (χ2n) is 8.04. The molecule has 0 bridgehead atoms. The van der Waals surface area contributed by atoms with Crippen molar-refractivity contribution in [2.45, 2.75) is 19.9 Å². The quantitative estimate of drug-likeness (QED) is 0.591. The number of hydrogen-bond donors (Lipinski definition) is 3. The third-order valence-electron chi connectivity index (χ3n) is 5.86. The van der Waals surface area contributed by atoms with Crippen molar-refractivity contribution < 1.29 is 24.1 Å². The Morgan fingerprint density at radius 2 is 1.79 bits per heavy atom. The summed E-state index contributed by atoms with van der Waals surface area (Å²) in [7, 11) is 0. The largest absolute Gasteiger partial charge is 0.493 e. The lowest BCUT2D eigenvalue weighted by Gasteiger charge is -2.29. The Kier molecular flexibility index (Phi) is 5.92. The van der Waals surface area contributed by atoms with E-state index in [1.165, 1.54) is 23.0 Å². The Morgan fingerprint density at radius 1 is 1.03 bits per heavy atom. The summed E-state index contributed by atoms with van der Waals surface area (Å²) in [6.45, 7) is 7.85. The van der Waals surface area contributed by atoms with Crippen molar-refractivity contribution in [2.24, 2.45) is 0 Å². The highest BCUT2D eigenvalue weighted by atomic mass is 16.5. The van der Waals surface area contributed by atoms with E-state index >= 15 is 0 Å². The number of Topliss-reactive ketones (excluding diaryl/α,β-unsaturated/α-hetero) is 1. The molecular formula is C23H29N3O3+2. The molecule has 6 nitrogen and oxygen atoms in total. The summed E-state index contributed by atoms with van der Waals surface area (Å²) in [4.78, 5) is 27.1. The molecule has 1 amide bonds. The summed E-state index contributed by atoms with van der Waals surface area (Å²) >= 11 is 0. The Balaban J connectivity index is 1.26. The number of carbonyl (C=O) groups excluding carboxylic acids is 2. The number of para-hydroxylation sites is 1. The summed E-state index contributed by atoms with van der Waals surface area (Å²) in [5.41, 5.74) is 3.86. The van der Waals surface area contributed by atoms with Crippen LogP contribution in [0.2, 0.25) is 0 Å². The Hall–Kier alpha value is -2.70. The molecule has 0 unspecified atom stereocenters. The average molecular weight is 396 g/mol. The summed E-state index contributed by atoms with van der Waals surface area (Å²) in [5, 5.41) is 2.91. The number of quaternary nitrogens is 2. The topological polar surface area (TPSA) is 64.3 Å². The summed E-state index contributed by atoms with van der Waals surface area (Å²) < 4.78 is 5.59. The summed E-state index contributed by atoms with van der Waals surface area (Å²) in [6, 6.07) is 13.7. The molecule has 0 spiro atoms. The number of anilines is 1. The number of ketones is 1. The van der Waals surface area contributed by atoms with Gasteiger partial charge in [-0.15, -0.1) is 0 Å². The lowest BCUT2D eigenvalue weighted by molar-refractivity contribution is -1.02. The monoisotopic (exact) mass is 395 g/mol. The van der Waals surface area contributed by atoms with Gasteiger partial charge < -0.3 is 19.9 Å². The molecule has 2 aliphatic heterocycles. The van der Waals surface area contributed by atoms with E-state index < -0.39 is 0 Å². The van der Waals surface area contributed by atoms with Crippen LogP contribution in [0.3, 0.4) is 0 Å². The molecule has 2 aromatic carbocycles. The number of fused-ring (bicyclic) bond motifs is 1. The van der Waals surface area contributed by atoms with Gasteiger partial charge in [-0.2, -0.15) is 0 Å². The van der Waals surface area contributed by atoms with E-state index in [9.17, 15) is 9.59 Å². The van der Waals surface area contributed by atoms with E-state index in [1.54, 1.807) is 17.0 Å². The van der Waals surface area contributed by atoms with Crippen LogP contribution in [0.4, 0.5) is 5.69 Å². The zero-order valence-corrected chi connectivity index (χ0v) is 16.9. The van der Waals surface area contributed by atoms with Crippen molar-refractivity contribution in [3.05, 3.63) is 59.2 Å². The van der Waals surface area contributed by atoms with Gasteiger partial charge in [0.2, 0.25) is 0 Å². The van der Waals surface area contributed by atoms with E-state index in [0.717, 1.165) is 51.5 Å². The highest BCUT2D eigenvalue weighted by molar-refractivity contribution is 6.03. The van der Waals surface area contributed by atoms with E-state index in [2.05, 4.69) is 23.5 Å². The maximum Gasteiger partial charge on any atom is 0.279 e. The Morgan fingerprint density at radius 3 is 2.59 bits per heavy atom. The lowest BCUT2D eigenvalue weighted by atomic mass is 10.1. The molecule has 0 radical (unpaired) electrons. The van der Waals surface area contributed by atoms with Crippen LogP contribution >= 0.6 is 0 Å². The highest BCUT2D eigenvalue weighted by Crippen LogP contribution is 2.25. The van der Waals surface area contributed by atoms with Crippen molar-refractivity contribution in [3.8, 4) is 5.75 Å². The van der Waals surface area contributed by atoms with Crippen LogP contribution in [0.25, 0.3) is 0 Å². The normalized spacial score (nSPS) is 20.6. The smallest absolute Gasteiger partial charge is 0.279 e. The van der Waals surface area contributed by atoms with Gasteiger partial charge in [0, 0.05) is 17.5 Å². The third kappa shape index (κ3) is 4.83. The standard InChI is InChI=1S/C23H27N3O3/c1-17(27)20-4-2-3-5-21(20)24-23(28)16-26-11-9-25(10-12-26)15-18-6-7-22-19(14-18)8-13-29-22/h2-7,14H,8-13,15-16H2,1H3,(H,24,28)/p+2. The average Bonchev–Trinajstić information content (AvgIpc) is 3.17. The fraction of sp³-hybridized carbons (Fsp3) is 0.391. The van der Waals surface area contributed by atoms with E-state index in [-0.39, 0.29) is 11.7 Å². The Labute approximate surface area is 171 Å². The molecular weight excluding hydrogens is 366 g/mol. The van der Waals surface area contributed by atoms with Crippen LogP contribution in [-0.2, 0) is 17.8 Å². The minimum atomic E-state index is -0.0384. The van der Waals surface area contributed by atoms with Crippen molar-refractivity contribution >= 4 is 17.4 Å². The fourth-order valence-corrected chi connectivity index (χ4v) is 4.27. The molecule has 2 aromatic rings. The molecule has 0 aromatic heterocycles. The summed E-state index contributed by atoms with van der Waals surface area (Å²) in [6.07, 6.45) is 1.01. The predicted octanol–water partition coefficient (Wildman–Crippen LogP) is -0.254. The zero-order valence-electron chi connectivity index (χ0n) is 16.9. The first-order chi connectivity index (χ1) is 14.1. The molecule has 3 N–H and O–H groups in total. The number of nitrogens with one attached hydrogen (secondary N) is 3. The maximum absolute atomic E-state index is 12.5. The molecule has 6 heteroatoms. The SMILES string of the molecule is CC(=O)c1ccccc1NC(=O)C[NH+]1CC[NH+](Cc2ccc3c(c2)CCO3)CC1. The van der Waals surface area contributed by atoms with Crippen molar-refractivity contribution in [1.82, 2.24) is 0 Å². The minimum Gasteiger partial charge on any atom is -0.493 e. The first kappa shape index (κ1) is 19.6. The highest BCUT2D eigenvalue weighted by Gasteiger charge is 2.25. The number of amides is 1. The van der Waals surface area contributed by atoms with Gasteiger partial charge in [0.15, 0.2) is 12.3 Å². The first-order valence-corrected chi connectivity index (χ1v) is 10.4. The number of ether oxygens (including phenoxy) is 1. The van der Waals surface area contributed by atoms with Crippen LogP contribution in [0.1, 0.15) is 28.4 Å². The van der Waals surface area contributed by atoms with Gasteiger partial charge in [-0.1, -0.05) is 12.1 Å². The van der Waals surface area contributed by atoms with Crippen LogP contribution in [0.15, 0.2) is 42.5 Å². The molecule has 0 atom stereocenters. The molecule has 2 aliphatic rings. The number of benzene rings is 2. The van der Waals surface area contributed by atoms with Gasteiger partial charge >= 0.3 is 0 Å². The molecule has 0 saturated carbocycles. The molecule has 1 fully saturated rings. The van der Waals surface area contributed by atoms with Gasteiger partial charge in [-0.25, -0.2) is 0 Å². The van der Waals surface area contributed by atoms with Crippen LogP contribution in [0, 0.1) is 0 Å².